The molecule has 1 aromatic carbocycles. The Morgan fingerprint density at radius 1 is 1.11 bits per heavy atom. The monoisotopic (exact) mass is 395 g/mol. The Kier molecular flexibility index (Phi) is 8.54. The molecule has 2 heterocycles. The van der Waals surface area contributed by atoms with Crippen LogP contribution in [0.15, 0.2) is 30.3 Å². The number of ether oxygens (including phenoxy) is 1. The Balaban J connectivity index is 0.00000261. The molecule has 2 fully saturated rings. The summed E-state index contributed by atoms with van der Waals surface area (Å²) in [7, 11) is 0. The lowest BCUT2D eigenvalue weighted by atomic mass is 9.90. The van der Waals surface area contributed by atoms with Crippen LogP contribution in [0.25, 0.3) is 0 Å². The molecule has 0 aromatic heterocycles. The summed E-state index contributed by atoms with van der Waals surface area (Å²) in [6.45, 7) is 2.01. The normalized spacial score (nSPS) is 22.9. The molecule has 27 heavy (non-hydrogen) atoms. The van der Waals surface area contributed by atoms with Gasteiger partial charge >= 0.3 is 0 Å². The van der Waals surface area contributed by atoms with Crippen LogP contribution in [0, 0.1) is 5.92 Å². The van der Waals surface area contributed by atoms with E-state index in [2.05, 4.69) is 29.6 Å². The van der Waals surface area contributed by atoms with E-state index in [1.807, 2.05) is 11.0 Å². The number of rotatable bonds is 6. The fourth-order valence-corrected chi connectivity index (χ4v) is 3.79. The van der Waals surface area contributed by atoms with Crippen LogP contribution in [0.1, 0.15) is 31.2 Å². The van der Waals surface area contributed by atoms with Crippen molar-refractivity contribution in [2.24, 2.45) is 11.7 Å². The molecule has 0 saturated carbocycles. The van der Waals surface area contributed by atoms with Crippen LogP contribution in [-0.2, 0) is 20.7 Å². The van der Waals surface area contributed by atoms with E-state index >= 15 is 0 Å². The van der Waals surface area contributed by atoms with Gasteiger partial charge in [-0.15, -0.1) is 12.4 Å². The van der Waals surface area contributed by atoms with Gasteiger partial charge in [-0.25, -0.2) is 0 Å². The smallest absolute Gasteiger partial charge is 0.249 e. The van der Waals surface area contributed by atoms with Gasteiger partial charge in [0.15, 0.2) is 0 Å². The second-order valence-corrected chi connectivity index (χ2v) is 7.29. The molecule has 6 nitrogen and oxygen atoms in total. The number of piperidine rings is 1. The van der Waals surface area contributed by atoms with Crippen molar-refractivity contribution >= 4 is 24.2 Å². The number of amides is 2. The average molecular weight is 396 g/mol. The summed E-state index contributed by atoms with van der Waals surface area (Å²) in [5.41, 5.74) is 6.92. The minimum absolute atomic E-state index is 0. The quantitative estimate of drug-likeness (QED) is 0.764. The Hall–Kier alpha value is -1.63. The highest BCUT2D eigenvalue weighted by molar-refractivity contribution is 5.87. The Morgan fingerprint density at radius 3 is 2.44 bits per heavy atom. The van der Waals surface area contributed by atoms with Crippen LogP contribution in [-0.4, -0.2) is 55.1 Å². The van der Waals surface area contributed by atoms with E-state index in [-0.39, 0.29) is 36.9 Å². The van der Waals surface area contributed by atoms with Crippen molar-refractivity contribution in [3.8, 4) is 0 Å². The zero-order chi connectivity index (χ0) is 18.4. The van der Waals surface area contributed by atoms with Gasteiger partial charge in [-0.2, -0.15) is 0 Å². The third-order valence-electron chi connectivity index (χ3n) is 5.41. The standard InChI is InChI=1S/C20H29N3O3.ClH/c21-13-17-6-7-18(26-17)20(25)22-14-19(24)23-10-8-16(9-11-23)12-15-4-2-1-3-5-15;/h1-5,16-18H,6-14,21H2,(H,22,25);1H/t17-,18+;/m1./s1. The second kappa shape index (κ2) is 10.6. The van der Waals surface area contributed by atoms with Crippen molar-refractivity contribution in [1.29, 1.82) is 0 Å². The van der Waals surface area contributed by atoms with Gasteiger partial charge in [0.25, 0.3) is 0 Å². The highest BCUT2D eigenvalue weighted by Gasteiger charge is 2.30. The second-order valence-electron chi connectivity index (χ2n) is 7.29. The summed E-state index contributed by atoms with van der Waals surface area (Å²) in [5, 5.41) is 2.72. The van der Waals surface area contributed by atoms with Crippen molar-refractivity contribution < 1.29 is 14.3 Å². The molecule has 2 atom stereocenters. The van der Waals surface area contributed by atoms with Crippen LogP contribution >= 0.6 is 12.4 Å². The van der Waals surface area contributed by atoms with Crippen LogP contribution in [0.3, 0.4) is 0 Å². The number of nitrogens with zero attached hydrogens (tertiary/aromatic N) is 1. The fraction of sp³-hybridized carbons (Fsp3) is 0.600. The number of likely N-dealkylation sites (tertiary alicyclic amines) is 1. The molecule has 0 bridgehead atoms. The molecule has 150 valence electrons. The number of halogens is 1. The molecule has 0 spiro atoms. The number of carbonyl (C=O) groups is 2. The highest BCUT2D eigenvalue weighted by atomic mass is 35.5. The lowest BCUT2D eigenvalue weighted by Gasteiger charge is -2.32. The average Bonchev–Trinajstić information content (AvgIpc) is 3.17. The molecule has 3 N–H and O–H groups in total. The zero-order valence-electron chi connectivity index (χ0n) is 15.6. The molecule has 3 rings (SSSR count). The highest BCUT2D eigenvalue weighted by Crippen LogP contribution is 2.22. The summed E-state index contributed by atoms with van der Waals surface area (Å²) < 4.78 is 5.56. The molecular formula is C20H30ClN3O3. The van der Waals surface area contributed by atoms with Crippen LogP contribution < -0.4 is 11.1 Å². The Morgan fingerprint density at radius 2 is 1.81 bits per heavy atom. The number of hydrogen-bond acceptors (Lipinski definition) is 4. The van der Waals surface area contributed by atoms with Crippen LogP contribution in [0.2, 0.25) is 0 Å². The van der Waals surface area contributed by atoms with E-state index in [9.17, 15) is 9.59 Å². The number of benzene rings is 1. The van der Waals surface area contributed by atoms with Crippen molar-refractivity contribution in [3.05, 3.63) is 35.9 Å². The lowest BCUT2D eigenvalue weighted by Crippen LogP contribution is -2.46. The summed E-state index contributed by atoms with van der Waals surface area (Å²) in [6.07, 6.45) is 4.07. The van der Waals surface area contributed by atoms with Crippen molar-refractivity contribution in [1.82, 2.24) is 10.2 Å². The van der Waals surface area contributed by atoms with E-state index in [1.165, 1.54) is 5.56 Å². The molecule has 2 aliphatic rings. The van der Waals surface area contributed by atoms with Gasteiger partial charge in [-0.05, 0) is 43.6 Å². The molecule has 0 radical (unpaired) electrons. The third kappa shape index (κ3) is 6.19. The van der Waals surface area contributed by atoms with Gasteiger partial charge in [-0.1, -0.05) is 30.3 Å². The lowest BCUT2D eigenvalue weighted by molar-refractivity contribution is -0.137. The predicted octanol–water partition coefficient (Wildman–Crippen LogP) is 1.51. The van der Waals surface area contributed by atoms with Gasteiger partial charge in [0.2, 0.25) is 11.8 Å². The topological polar surface area (TPSA) is 84.7 Å². The molecule has 2 aliphatic heterocycles. The Bertz CT molecular complexity index is 606. The van der Waals surface area contributed by atoms with Crippen LogP contribution in [0.4, 0.5) is 0 Å². The van der Waals surface area contributed by atoms with Crippen molar-refractivity contribution in [3.63, 3.8) is 0 Å². The Labute approximate surface area is 167 Å². The maximum atomic E-state index is 12.4. The maximum Gasteiger partial charge on any atom is 0.249 e. The molecule has 0 aliphatic carbocycles. The molecule has 0 unspecified atom stereocenters. The van der Waals surface area contributed by atoms with Crippen LogP contribution in [0.5, 0.6) is 0 Å². The van der Waals surface area contributed by atoms with E-state index in [0.717, 1.165) is 38.8 Å². The van der Waals surface area contributed by atoms with Gasteiger partial charge in [0, 0.05) is 19.6 Å². The maximum absolute atomic E-state index is 12.4. The van der Waals surface area contributed by atoms with E-state index in [0.29, 0.717) is 18.9 Å². The molecule has 7 heteroatoms. The summed E-state index contributed by atoms with van der Waals surface area (Å²) in [5.74, 6) is 0.411. The first-order valence-electron chi connectivity index (χ1n) is 9.60. The number of nitrogens with two attached hydrogens (primary N) is 1. The third-order valence-corrected chi connectivity index (χ3v) is 5.41. The van der Waals surface area contributed by atoms with E-state index in [4.69, 9.17) is 10.5 Å². The number of nitrogens with one attached hydrogen (secondary N) is 1. The summed E-state index contributed by atoms with van der Waals surface area (Å²) in [6, 6.07) is 10.5. The zero-order valence-corrected chi connectivity index (χ0v) is 16.5. The first kappa shape index (κ1) is 21.7. The molecule has 2 amide bonds. The molecule has 2 saturated heterocycles. The minimum Gasteiger partial charge on any atom is -0.364 e. The molecular weight excluding hydrogens is 366 g/mol. The van der Waals surface area contributed by atoms with Gasteiger partial charge in [0.05, 0.1) is 12.6 Å². The van der Waals surface area contributed by atoms with Crippen molar-refractivity contribution in [2.75, 3.05) is 26.2 Å². The SMILES string of the molecule is Cl.NC[C@H]1CC[C@@H](C(=O)NCC(=O)N2CCC(Cc3ccccc3)CC2)O1. The largest absolute Gasteiger partial charge is 0.364 e. The van der Waals surface area contributed by atoms with E-state index < -0.39 is 6.10 Å². The fourth-order valence-electron chi connectivity index (χ4n) is 3.79. The van der Waals surface area contributed by atoms with Crippen molar-refractivity contribution in [2.45, 2.75) is 44.3 Å². The van der Waals surface area contributed by atoms with Gasteiger partial charge in [0.1, 0.15) is 6.10 Å². The summed E-state index contributed by atoms with van der Waals surface area (Å²) >= 11 is 0. The number of carbonyl (C=O) groups excluding carboxylic acids is 2. The van der Waals surface area contributed by atoms with E-state index in [1.54, 1.807) is 0 Å². The minimum atomic E-state index is -0.465. The first-order chi connectivity index (χ1) is 12.7. The molecule has 1 aromatic rings. The number of hydrogen-bond donors (Lipinski definition) is 2. The predicted molar refractivity (Wildman–Crippen MR) is 107 cm³/mol. The van der Waals surface area contributed by atoms with Gasteiger partial charge < -0.3 is 20.7 Å². The van der Waals surface area contributed by atoms with Gasteiger partial charge in [-0.3, -0.25) is 9.59 Å². The summed E-state index contributed by atoms with van der Waals surface area (Å²) in [4.78, 5) is 26.3. The first-order valence-corrected chi connectivity index (χ1v) is 9.60.